The van der Waals surface area contributed by atoms with E-state index >= 15 is 0 Å². The van der Waals surface area contributed by atoms with Crippen molar-refractivity contribution in [3.63, 3.8) is 0 Å². The number of nitrogens with one attached hydrogen (secondary N) is 1. The van der Waals surface area contributed by atoms with Crippen LogP contribution in [0.3, 0.4) is 0 Å². The largest absolute Gasteiger partial charge is 0.491 e. The maximum Gasteiger partial charge on any atom is 0.240 e. The van der Waals surface area contributed by atoms with Crippen LogP contribution in [-0.2, 0) is 21.3 Å². The smallest absolute Gasteiger partial charge is 0.240 e. The molecule has 1 heterocycles. The third kappa shape index (κ3) is 5.69. The maximum atomic E-state index is 12.5. The first-order valence-corrected chi connectivity index (χ1v) is 9.84. The van der Waals surface area contributed by atoms with Crippen molar-refractivity contribution in [1.82, 2.24) is 9.71 Å². The van der Waals surface area contributed by atoms with E-state index in [0.717, 1.165) is 11.4 Å². The van der Waals surface area contributed by atoms with Crippen molar-refractivity contribution in [3.8, 4) is 5.75 Å². The predicted molar refractivity (Wildman–Crippen MR) is 101 cm³/mol. The monoisotopic (exact) mass is 379 g/mol. The van der Waals surface area contributed by atoms with Crippen molar-refractivity contribution in [2.45, 2.75) is 18.4 Å². The molecular formula is C18H25N3O4S. The molecule has 8 heteroatoms. The summed E-state index contributed by atoms with van der Waals surface area (Å²) in [6, 6.07) is 9.94. The molecule has 142 valence electrons. The number of nitrogens with zero attached hydrogens (tertiary/aromatic N) is 2. The van der Waals surface area contributed by atoms with Gasteiger partial charge in [0.2, 0.25) is 10.0 Å². The number of aromatic nitrogens is 1. The summed E-state index contributed by atoms with van der Waals surface area (Å²) in [6.07, 6.45) is 1.68. The lowest BCUT2D eigenvalue weighted by Crippen LogP contribution is -2.25. The molecule has 0 saturated carbocycles. The van der Waals surface area contributed by atoms with Crippen LogP contribution in [0, 0.1) is 0 Å². The van der Waals surface area contributed by atoms with E-state index in [1.165, 1.54) is 12.1 Å². The number of benzene rings is 1. The quantitative estimate of drug-likeness (QED) is 0.637. The van der Waals surface area contributed by atoms with Gasteiger partial charge in [0.25, 0.3) is 0 Å². The van der Waals surface area contributed by atoms with Gasteiger partial charge in [-0.1, -0.05) is 6.07 Å². The van der Waals surface area contributed by atoms with Gasteiger partial charge in [-0.25, -0.2) is 18.1 Å². The van der Waals surface area contributed by atoms with E-state index < -0.39 is 10.0 Å². The van der Waals surface area contributed by atoms with Gasteiger partial charge in [-0.3, -0.25) is 0 Å². The Bertz CT molecular complexity index is 792. The zero-order valence-electron chi connectivity index (χ0n) is 15.3. The molecule has 0 saturated heterocycles. The standard InChI is InChI=1S/C18H25N3O4S/c1-4-24-12-13-25-16-7-9-17(10-8-16)26(22,23)20-14-15-6-5-11-19-18(15)21(2)3/h5-11,20H,4,12-14H2,1-3H3. The number of ether oxygens (including phenoxy) is 2. The Kier molecular flexibility index (Phi) is 7.38. The Labute approximate surface area is 155 Å². The van der Waals surface area contributed by atoms with Crippen molar-refractivity contribution in [2.75, 3.05) is 38.8 Å². The average Bonchev–Trinajstić information content (AvgIpc) is 2.64. The number of sulfonamides is 1. The van der Waals surface area contributed by atoms with E-state index in [4.69, 9.17) is 9.47 Å². The molecule has 0 aliphatic rings. The summed E-state index contributed by atoms with van der Waals surface area (Å²) < 4.78 is 38.3. The first-order valence-electron chi connectivity index (χ1n) is 8.35. The molecule has 2 rings (SSSR count). The Balaban J connectivity index is 1.99. The first kappa shape index (κ1) is 20.2. The number of hydrogen-bond donors (Lipinski definition) is 1. The molecular weight excluding hydrogens is 354 g/mol. The van der Waals surface area contributed by atoms with Crippen LogP contribution in [0.5, 0.6) is 5.75 Å². The van der Waals surface area contributed by atoms with E-state index in [-0.39, 0.29) is 11.4 Å². The highest BCUT2D eigenvalue weighted by molar-refractivity contribution is 7.89. The molecule has 0 bridgehead atoms. The summed E-state index contributed by atoms with van der Waals surface area (Å²) >= 11 is 0. The van der Waals surface area contributed by atoms with Gasteiger partial charge >= 0.3 is 0 Å². The van der Waals surface area contributed by atoms with Gasteiger partial charge in [-0.2, -0.15) is 0 Å². The lowest BCUT2D eigenvalue weighted by molar-refractivity contribution is 0.110. The Morgan fingerprint density at radius 3 is 2.50 bits per heavy atom. The van der Waals surface area contributed by atoms with Gasteiger partial charge < -0.3 is 14.4 Å². The Morgan fingerprint density at radius 2 is 1.85 bits per heavy atom. The molecule has 0 amide bonds. The molecule has 26 heavy (non-hydrogen) atoms. The highest BCUT2D eigenvalue weighted by Gasteiger charge is 2.15. The summed E-state index contributed by atoms with van der Waals surface area (Å²) in [6.45, 7) is 3.64. The van der Waals surface area contributed by atoms with Crippen molar-refractivity contribution in [1.29, 1.82) is 0 Å². The first-order chi connectivity index (χ1) is 12.4. The van der Waals surface area contributed by atoms with Crippen molar-refractivity contribution < 1.29 is 17.9 Å². The minimum absolute atomic E-state index is 0.163. The summed E-state index contributed by atoms with van der Waals surface area (Å²) in [5, 5.41) is 0. The van der Waals surface area contributed by atoms with Crippen LogP contribution in [-0.4, -0.2) is 47.3 Å². The van der Waals surface area contributed by atoms with E-state index in [2.05, 4.69) is 9.71 Å². The second-order valence-corrected chi connectivity index (χ2v) is 7.49. The van der Waals surface area contributed by atoms with Crippen LogP contribution in [0.2, 0.25) is 0 Å². The minimum atomic E-state index is -3.62. The van der Waals surface area contributed by atoms with Gasteiger partial charge in [-0.05, 0) is 37.3 Å². The molecule has 0 unspecified atom stereocenters. The third-order valence-corrected chi connectivity index (χ3v) is 5.00. The number of hydrogen-bond acceptors (Lipinski definition) is 6. The highest BCUT2D eigenvalue weighted by atomic mass is 32.2. The van der Waals surface area contributed by atoms with Gasteiger partial charge in [-0.15, -0.1) is 0 Å². The second-order valence-electron chi connectivity index (χ2n) is 5.72. The molecule has 1 aromatic carbocycles. The number of anilines is 1. The van der Waals surface area contributed by atoms with Gasteiger partial charge in [0.15, 0.2) is 0 Å². The molecule has 1 N–H and O–H groups in total. The van der Waals surface area contributed by atoms with Gasteiger partial charge in [0.1, 0.15) is 18.2 Å². The van der Waals surface area contributed by atoms with Crippen LogP contribution in [0.25, 0.3) is 0 Å². The predicted octanol–water partition coefficient (Wildman–Crippen LogP) is 2.04. The van der Waals surface area contributed by atoms with Crippen molar-refractivity contribution >= 4 is 15.8 Å². The Morgan fingerprint density at radius 1 is 1.12 bits per heavy atom. The maximum absolute atomic E-state index is 12.5. The number of pyridine rings is 1. The normalized spacial score (nSPS) is 11.3. The average molecular weight is 379 g/mol. The summed E-state index contributed by atoms with van der Waals surface area (Å²) in [5.74, 6) is 1.33. The van der Waals surface area contributed by atoms with Gasteiger partial charge in [0.05, 0.1) is 11.5 Å². The minimum Gasteiger partial charge on any atom is -0.491 e. The van der Waals surface area contributed by atoms with E-state index in [1.54, 1.807) is 24.4 Å². The Hall–Kier alpha value is -2.16. The lowest BCUT2D eigenvalue weighted by Gasteiger charge is -2.16. The van der Waals surface area contributed by atoms with Crippen molar-refractivity contribution in [3.05, 3.63) is 48.2 Å². The zero-order valence-corrected chi connectivity index (χ0v) is 16.1. The van der Waals surface area contributed by atoms with Crippen LogP contribution < -0.4 is 14.4 Å². The molecule has 0 atom stereocenters. The SMILES string of the molecule is CCOCCOc1ccc(S(=O)(=O)NCc2cccnc2N(C)C)cc1. The van der Waals surface area contributed by atoms with E-state index in [9.17, 15) is 8.42 Å². The van der Waals surface area contributed by atoms with Crippen LogP contribution in [0.1, 0.15) is 12.5 Å². The number of rotatable bonds is 10. The lowest BCUT2D eigenvalue weighted by atomic mass is 10.2. The molecule has 0 aliphatic carbocycles. The highest BCUT2D eigenvalue weighted by Crippen LogP contribution is 2.18. The van der Waals surface area contributed by atoms with Crippen molar-refractivity contribution in [2.24, 2.45) is 0 Å². The summed E-state index contributed by atoms with van der Waals surface area (Å²) in [5.41, 5.74) is 0.803. The summed E-state index contributed by atoms with van der Waals surface area (Å²) in [7, 11) is 0.108. The van der Waals surface area contributed by atoms with Crippen LogP contribution in [0.15, 0.2) is 47.5 Å². The third-order valence-electron chi connectivity index (χ3n) is 3.58. The van der Waals surface area contributed by atoms with E-state index in [1.807, 2.05) is 32.0 Å². The summed E-state index contributed by atoms with van der Waals surface area (Å²) in [4.78, 5) is 6.30. The second kappa shape index (κ2) is 9.51. The van der Waals surface area contributed by atoms with E-state index in [0.29, 0.717) is 25.6 Å². The fourth-order valence-corrected chi connectivity index (χ4v) is 3.31. The molecule has 7 nitrogen and oxygen atoms in total. The van der Waals surface area contributed by atoms with Crippen LogP contribution in [0.4, 0.5) is 5.82 Å². The fourth-order valence-electron chi connectivity index (χ4n) is 2.30. The zero-order chi connectivity index (χ0) is 19.0. The fraction of sp³-hybridized carbons (Fsp3) is 0.389. The molecule has 2 aromatic rings. The molecule has 0 fully saturated rings. The molecule has 0 aliphatic heterocycles. The topological polar surface area (TPSA) is 80.8 Å². The van der Waals surface area contributed by atoms with Crippen LogP contribution >= 0.6 is 0 Å². The molecule has 1 aromatic heterocycles. The molecule has 0 spiro atoms. The van der Waals surface area contributed by atoms with Gasteiger partial charge in [0, 0.05) is 39.0 Å². The molecule has 0 radical (unpaired) electrons.